The highest BCUT2D eigenvalue weighted by Crippen LogP contribution is 2.12. The molecule has 0 aliphatic rings. The van der Waals surface area contributed by atoms with Gasteiger partial charge in [-0.25, -0.2) is 5.84 Å². The third-order valence-electron chi connectivity index (χ3n) is 1.57. The minimum atomic E-state index is -0.292. The van der Waals surface area contributed by atoms with Crippen molar-refractivity contribution in [2.45, 2.75) is 0 Å². The molecule has 1 amide bonds. The van der Waals surface area contributed by atoms with Gasteiger partial charge in [0.2, 0.25) is 0 Å². The van der Waals surface area contributed by atoms with Gasteiger partial charge in [-0.1, -0.05) is 12.1 Å². The van der Waals surface area contributed by atoms with Gasteiger partial charge < -0.3 is 5.32 Å². The normalized spacial score (nSPS) is 9.17. The first-order valence-electron chi connectivity index (χ1n) is 3.57. The molecule has 0 spiro atoms. The Labute approximate surface area is 70.7 Å². The number of amides is 1. The summed E-state index contributed by atoms with van der Waals surface area (Å²) in [4.78, 5) is 11.1. The lowest BCUT2D eigenvalue weighted by molar-refractivity contribution is 0.0954. The summed E-state index contributed by atoms with van der Waals surface area (Å²) in [6, 6.07) is 7.14. The van der Waals surface area contributed by atoms with E-state index in [-0.39, 0.29) is 5.91 Å². The predicted octanol–water partition coefficient (Wildman–Crippen LogP) is 0.332. The van der Waals surface area contributed by atoms with Gasteiger partial charge in [0, 0.05) is 12.7 Å². The maximum absolute atomic E-state index is 11.1. The molecule has 0 unspecified atom stereocenters. The van der Waals surface area contributed by atoms with Crippen molar-refractivity contribution >= 4 is 11.6 Å². The summed E-state index contributed by atoms with van der Waals surface area (Å²) in [7, 11) is 1.75. The third-order valence-corrected chi connectivity index (χ3v) is 1.57. The van der Waals surface area contributed by atoms with Crippen molar-refractivity contribution in [1.29, 1.82) is 0 Å². The highest BCUT2D eigenvalue weighted by molar-refractivity contribution is 5.99. The fourth-order valence-corrected chi connectivity index (χ4v) is 0.977. The Morgan fingerprint density at radius 2 is 2.08 bits per heavy atom. The number of benzene rings is 1. The van der Waals surface area contributed by atoms with Crippen molar-refractivity contribution in [1.82, 2.24) is 5.43 Å². The molecule has 1 aromatic rings. The first kappa shape index (κ1) is 8.55. The molecule has 0 heterocycles. The molecule has 0 saturated heterocycles. The Hall–Kier alpha value is -1.55. The molecule has 0 bridgehead atoms. The Morgan fingerprint density at radius 1 is 1.42 bits per heavy atom. The number of para-hydroxylation sites is 1. The number of carbonyl (C=O) groups excluding carboxylic acids is 1. The summed E-state index contributed by atoms with van der Waals surface area (Å²) in [6.45, 7) is 0. The van der Waals surface area contributed by atoms with Crippen molar-refractivity contribution in [2.24, 2.45) is 5.84 Å². The largest absolute Gasteiger partial charge is 0.387 e. The van der Waals surface area contributed by atoms with Crippen LogP contribution >= 0.6 is 0 Å². The zero-order valence-corrected chi connectivity index (χ0v) is 6.79. The molecule has 0 radical (unpaired) electrons. The fraction of sp³-hybridized carbons (Fsp3) is 0.125. The van der Waals surface area contributed by atoms with Crippen LogP contribution in [0.25, 0.3) is 0 Å². The number of nitrogens with one attached hydrogen (secondary N) is 2. The van der Waals surface area contributed by atoms with Gasteiger partial charge in [0.05, 0.1) is 5.56 Å². The molecule has 0 aliphatic carbocycles. The second-order valence-electron chi connectivity index (χ2n) is 2.27. The van der Waals surface area contributed by atoms with E-state index < -0.39 is 0 Å². The van der Waals surface area contributed by atoms with E-state index in [9.17, 15) is 4.79 Å². The van der Waals surface area contributed by atoms with Crippen LogP contribution in [0.5, 0.6) is 0 Å². The summed E-state index contributed by atoms with van der Waals surface area (Å²) in [5, 5.41) is 2.89. The van der Waals surface area contributed by atoms with Gasteiger partial charge in [0.15, 0.2) is 0 Å². The smallest absolute Gasteiger partial charge is 0.267 e. The van der Waals surface area contributed by atoms with Crippen LogP contribution in [0.3, 0.4) is 0 Å². The highest BCUT2D eigenvalue weighted by Gasteiger charge is 2.06. The average Bonchev–Trinajstić information content (AvgIpc) is 2.16. The summed E-state index contributed by atoms with van der Waals surface area (Å²) in [5.41, 5.74) is 3.39. The van der Waals surface area contributed by atoms with E-state index in [2.05, 4.69) is 10.7 Å². The summed E-state index contributed by atoms with van der Waals surface area (Å²) < 4.78 is 0. The van der Waals surface area contributed by atoms with E-state index in [0.29, 0.717) is 5.56 Å². The van der Waals surface area contributed by atoms with E-state index in [1.165, 1.54) is 0 Å². The molecule has 0 aromatic heterocycles. The minimum absolute atomic E-state index is 0.292. The zero-order valence-electron chi connectivity index (χ0n) is 6.79. The maximum atomic E-state index is 11.1. The van der Waals surface area contributed by atoms with Crippen LogP contribution in [0, 0.1) is 0 Å². The van der Waals surface area contributed by atoms with E-state index in [1.807, 2.05) is 12.1 Å². The van der Waals surface area contributed by atoms with Crippen LogP contribution in [0.2, 0.25) is 0 Å². The molecule has 1 aromatic carbocycles. The Kier molecular flexibility index (Phi) is 2.66. The number of hydrogen-bond acceptors (Lipinski definition) is 3. The van der Waals surface area contributed by atoms with Crippen molar-refractivity contribution in [3.8, 4) is 0 Å². The second-order valence-corrected chi connectivity index (χ2v) is 2.27. The average molecular weight is 165 g/mol. The third kappa shape index (κ3) is 1.54. The Bertz CT molecular complexity index is 285. The topological polar surface area (TPSA) is 67.2 Å². The van der Waals surface area contributed by atoms with Gasteiger partial charge in [-0.3, -0.25) is 10.2 Å². The van der Waals surface area contributed by atoms with E-state index in [4.69, 9.17) is 5.84 Å². The van der Waals surface area contributed by atoms with Crippen LogP contribution < -0.4 is 16.6 Å². The lowest BCUT2D eigenvalue weighted by atomic mass is 10.1. The summed E-state index contributed by atoms with van der Waals surface area (Å²) >= 11 is 0. The molecule has 4 nitrogen and oxygen atoms in total. The second kappa shape index (κ2) is 3.73. The molecule has 0 atom stereocenters. The van der Waals surface area contributed by atoms with Crippen LogP contribution in [-0.2, 0) is 0 Å². The number of hydrogen-bond donors (Lipinski definition) is 3. The van der Waals surface area contributed by atoms with E-state index >= 15 is 0 Å². The molecule has 4 heteroatoms. The van der Waals surface area contributed by atoms with Crippen molar-refractivity contribution < 1.29 is 4.79 Å². The van der Waals surface area contributed by atoms with E-state index in [0.717, 1.165) is 5.69 Å². The molecular weight excluding hydrogens is 154 g/mol. The molecular formula is C8H11N3O. The van der Waals surface area contributed by atoms with Crippen molar-refractivity contribution in [3.05, 3.63) is 29.8 Å². The summed E-state index contributed by atoms with van der Waals surface area (Å²) in [6.07, 6.45) is 0. The summed E-state index contributed by atoms with van der Waals surface area (Å²) in [5.74, 6) is 4.71. The number of rotatable bonds is 2. The van der Waals surface area contributed by atoms with Gasteiger partial charge in [0.25, 0.3) is 5.91 Å². The Balaban J connectivity index is 3.04. The van der Waals surface area contributed by atoms with Crippen molar-refractivity contribution in [3.63, 3.8) is 0 Å². The number of hydrazine groups is 1. The number of carbonyl (C=O) groups is 1. The van der Waals surface area contributed by atoms with Crippen LogP contribution in [-0.4, -0.2) is 13.0 Å². The molecule has 0 saturated carbocycles. The van der Waals surface area contributed by atoms with E-state index in [1.54, 1.807) is 19.2 Å². The van der Waals surface area contributed by atoms with Crippen LogP contribution in [0.15, 0.2) is 24.3 Å². The quantitative estimate of drug-likeness (QED) is 0.336. The molecule has 64 valence electrons. The van der Waals surface area contributed by atoms with Gasteiger partial charge in [-0.05, 0) is 12.1 Å². The Morgan fingerprint density at radius 3 is 2.67 bits per heavy atom. The van der Waals surface area contributed by atoms with Crippen molar-refractivity contribution in [2.75, 3.05) is 12.4 Å². The fourth-order valence-electron chi connectivity index (χ4n) is 0.977. The lowest BCUT2D eigenvalue weighted by Crippen LogP contribution is -2.30. The number of nitrogen functional groups attached to an aromatic ring is 1. The molecule has 0 fully saturated rings. The van der Waals surface area contributed by atoms with Crippen LogP contribution in [0.1, 0.15) is 10.4 Å². The molecule has 0 aliphatic heterocycles. The minimum Gasteiger partial charge on any atom is -0.387 e. The van der Waals surface area contributed by atoms with Gasteiger partial charge in [-0.2, -0.15) is 0 Å². The lowest BCUT2D eigenvalue weighted by Gasteiger charge is -2.05. The maximum Gasteiger partial charge on any atom is 0.267 e. The molecule has 1 rings (SSSR count). The van der Waals surface area contributed by atoms with Gasteiger partial charge in [0.1, 0.15) is 0 Å². The highest BCUT2D eigenvalue weighted by atomic mass is 16.2. The molecule has 12 heavy (non-hydrogen) atoms. The number of anilines is 1. The first-order chi connectivity index (χ1) is 5.79. The first-order valence-corrected chi connectivity index (χ1v) is 3.57. The standard InChI is InChI=1S/C8H11N3O/c1-10-7-5-3-2-4-6(7)8(12)11-9/h2-5,10H,9H2,1H3,(H,11,12). The SMILES string of the molecule is CNc1ccccc1C(=O)NN. The number of nitrogens with two attached hydrogens (primary N) is 1. The zero-order chi connectivity index (χ0) is 8.97. The van der Waals surface area contributed by atoms with Gasteiger partial charge >= 0.3 is 0 Å². The van der Waals surface area contributed by atoms with Crippen LogP contribution in [0.4, 0.5) is 5.69 Å². The molecule has 4 N–H and O–H groups in total. The van der Waals surface area contributed by atoms with Gasteiger partial charge in [-0.15, -0.1) is 0 Å². The predicted molar refractivity (Wildman–Crippen MR) is 47.6 cm³/mol. The monoisotopic (exact) mass is 165 g/mol.